The Kier molecular flexibility index (Phi) is 13.8. The Hall–Kier alpha value is 0.380. The highest BCUT2D eigenvalue weighted by molar-refractivity contribution is 7.80. The summed E-state index contributed by atoms with van der Waals surface area (Å²) in [6.45, 7) is 3.70. The van der Waals surface area contributed by atoms with E-state index in [1.165, 1.54) is 64.2 Å². The van der Waals surface area contributed by atoms with Crippen molar-refractivity contribution in [3.05, 3.63) is 11.6 Å². The van der Waals surface area contributed by atoms with Crippen LogP contribution < -0.4 is 0 Å². The average Bonchev–Trinajstić information content (AvgIpc) is 2.25. The second kappa shape index (κ2) is 13.4. The monoisotopic (exact) mass is 262 g/mol. The SMILES string of the molecule is C=C(Cl)CCCCCCCCCCCCS. The fraction of sp³-hybridized carbons (Fsp3) is 0.857. The predicted octanol–water partition coefficient (Wildman–Crippen LogP) is 5.96. The highest BCUT2D eigenvalue weighted by Crippen LogP contribution is 2.14. The summed E-state index contributed by atoms with van der Waals surface area (Å²) in [6, 6.07) is 0. The maximum absolute atomic E-state index is 5.70. The smallest absolute Gasteiger partial charge is 0.0109 e. The lowest BCUT2D eigenvalue weighted by molar-refractivity contribution is 0.558. The summed E-state index contributed by atoms with van der Waals surface area (Å²) in [5.41, 5.74) is 0. The van der Waals surface area contributed by atoms with E-state index in [0.717, 1.165) is 17.2 Å². The van der Waals surface area contributed by atoms with Crippen molar-refractivity contribution in [3.63, 3.8) is 0 Å². The van der Waals surface area contributed by atoms with E-state index >= 15 is 0 Å². The zero-order valence-electron chi connectivity index (χ0n) is 10.5. The van der Waals surface area contributed by atoms with Gasteiger partial charge in [-0.3, -0.25) is 0 Å². The predicted molar refractivity (Wildman–Crippen MR) is 79.6 cm³/mol. The molecule has 0 bridgehead atoms. The molecule has 0 spiro atoms. The van der Waals surface area contributed by atoms with Gasteiger partial charge in [0.25, 0.3) is 0 Å². The number of allylic oxidation sites excluding steroid dienone is 1. The molecule has 0 aromatic rings. The molecular weight excluding hydrogens is 236 g/mol. The van der Waals surface area contributed by atoms with Crippen molar-refractivity contribution < 1.29 is 0 Å². The first-order valence-corrected chi connectivity index (χ1v) is 7.72. The van der Waals surface area contributed by atoms with Crippen LogP contribution in [0.25, 0.3) is 0 Å². The Bertz CT molecular complexity index is 157. The van der Waals surface area contributed by atoms with Gasteiger partial charge in [0.1, 0.15) is 0 Å². The van der Waals surface area contributed by atoms with Gasteiger partial charge in [0, 0.05) is 5.03 Å². The van der Waals surface area contributed by atoms with Crippen LogP contribution in [0.3, 0.4) is 0 Å². The lowest BCUT2D eigenvalue weighted by Gasteiger charge is -2.02. The van der Waals surface area contributed by atoms with Gasteiger partial charge in [-0.25, -0.2) is 0 Å². The number of hydrogen-bond acceptors (Lipinski definition) is 1. The van der Waals surface area contributed by atoms with E-state index in [0.29, 0.717) is 0 Å². The van der Waals surface area contributed by atoms with E-state index < -0.39 is 0 Å². The number of rotatable bonds is 12. The number of halogens is 1. The van der Waals surface area contributed by atoms with Gasteiger partial charge in [-0.05, 0) is 25.0 Å². The molecule has 0 aromatic carbocycles. The minimum absolute atomic E-state index is 0.809. The van der Waals surface area contributed by atoms with Crippen LogP contribution in [0.2, 0.25) is 0 Å². The lowest BCUT2D eigenvalue weighted by atomic mass is 10.1. The Morgan fingerprint density at radius 1 is 0.750 bits per heavy atom. The van der Waals surface area contributed by atoms with E-state index in [2.05, 4.69) is 19.2 Å². The Balaban J connectivity index is 2.90. The maximum atomic E-state index is 5.70. The van der Waals surface area contributed by atoms with Crippen LogP contribution in [-0.2, 0) is 0 Å². The highest BCUT2D eigenvalue weighted by Gasteiger charge is 1.93. The summed E-state index contributed by atoms with van der Waals surface area (Å²) in [5.74, 6) is 1.05. The van der Waals surface area contributed by atoms with Crippen molar-refractivity contribution in [2.24, 2.45) is 0 Å². The second-order valence-corrected chi connectivity index (χ2v) is 5.51. The van der Waals surface area contributed by atoms with E-state index in [9.17, 15) is 0 Å². The molecule has 0 N–H and O–H groups in total. The number of unbranched alkanes of at least 4 members (excludes halogenated alkanes) is 9. The summed E-state index contributed by atoms with van der Waals surface area (Å²) in [5, 5.41) is 0.809. The quantitative estimate of drug-likeness (QED) is 0.326. The fourth-order valence-electron chi connectivity index (χ4n) is 1.84. The summed E-state index contributed by atoms with van der Waals surface area (Å²) in [6.07, 6.45) is 14.5. The van der Waals surface area contributed by atoms with Gasteiger partial charge >= 0.3 is 0 Å². The van der Waals surface area contributed by atoms with Gasteiger partial charge in [-0.15, -0.1) is 0 Å². The summed E-state index contributed by atoms with van der Waals surface area (Å²) >= 11 is 9.91. The van der Waals surface area contributed by atoms with Crippen molar-refractivity contribution in [1.29, 1.82) is 0 Å². The Morgan fingerprint density at radius 2 is 1.12 bits per heavy atom. The Labute approximate surface area is 112 Å². The van der Waals surface area contributed by atoms with Crippen LogP contribution in [-0.4, -0.2) is 5.75 Å². The molecule has 0 aliphatic heterocycles. The first-order chi connectivity index (χ1) is 7.77. The molecule has 0 heterocycles. The van der Waals surface area contributed by atoms with Crippen LogP contribution in [0.15, 0.2) is 11.6 Å². The Morgan fingerprint density at radius 3 is 1.50 bits per heavy atom. The minimum atomic E-state index is 0.809. The lowest BCUT2D eigenvalue weighted by Crippen LogP contribution is -1.83. The second-order valence-electron chi connectivity index (χ2n) is 4.53. The van der Waals surface area contributed by atoms with Crippen molar-refractivity contribution in [2.45, 2.75) is 70.6 Å². The minimum Gasteiger partial charge on any atom is -0.179 e. The van der Waals surface area contributed by atoms with Gasteiger partial charge in [0.15, 0.2) is 0 Å². The molecule has 96 valence electrons. The maximum Gasteiger partial charge on any atom is 0.0109 e. The summed E-state index contributed by atoms with van der Waals surface area (Å²) < 4.78 is 0. The molecule has 0 nitrogen and oxygen atoms in total. The van der Waals surface area contributed by atoms with Gasteiger partial charge in [-0.1, -0.05) is 69.5 Å². The third-order valence-electron chi connectivity index (χ3n) is 2.86. The number of thiol groups is 1. The topological polar surface area (TPSA) is 0 Å². The third-order valence-corrected chi connectivity index (χ3v) is 3.36. The van der Waals surface area contributed by atoms with Gasteiger partial charge < -0.3 is 0 Å². The van der Waals surface area contributed by atoms with Crippen LogP contribution in [0.1, 0.15) is 70.6 Å². The standard InChI is InChI=1S/C14H27ClS/c1-14(15)12-10-8-6-4-2-3-5-7-9-11-13-16/h16H,1-13H2. The molecule has 0 aromatic heterocycles. The molecule has 0 aliphatic rings. The van der Waals surface area contributed by atoms with Gasteiger partial charge in [-0.2, -0.15) is 12.6 Å². The molecule has 2 heteroatoms. The molecule has 0 fully saturated rings. The summed E-state index contributed by atoms with van der Waals surface area (Å²) in [4.78, 5) is 0. The van der Waals surface area contributed by atoms with E-state index in [1.54, 1.807) is 0 Å². The van der Waals surface area contributed by atoms with Crippen LogP contribution in [0, 0.1) is 0 Å². The summed E-state index contributed by atoms with van der Waals surface area (Å²) in [7, 11) is 0. The molecule has 0 saturated heterocycles. The van der Waals surface area contributed by atoms with E-state index in [4.69, 9.17) is 11.6 Å². The van der Waals surface area contributed by atoms with Crippen LogP contribution >= 0.6 is 24.2 Å². The third kappa shape index (κ3) is 14.4. The van der Waals surface area contributed by atoms with E-state index in [-0.39, 0.29) is 0 Å². The van der Waals surface area contributed by atoms with Gasteiger partial charge in [0.05, 0.1) is 0 Å². The van der Waals surface area contributed by atoms with Crippen LogP contribution in [0.4, 0.5) is 0 Å². The molecule has 0 amide bonds. The molecule has 0 saturated carbocycles. The zero-order chi connectivity index (χ0) is 12.1. The zero-order valence-corrected chi connectivity index (χ0v) is 12.2. The molecule has 0 atom stereocenters. The van der Waals surface area contributed by atoms with Crippen LogP contribution in [0.5, 0.6) is 0 Å². The molecule has 0 aliphatic carbocycles. The largest absolute Gasteiger partial charge is 0.179 e. The molecule has 0 radical (unpaired) electrons. The van der Waals surface area contributed by atoms with Gasteiger partial charge in [0.2, 0.25) is 0 Å². The highest BCUT2D eigenvalue weighted by atomic mass is 35.5. The normalized spacial score (nSPS) is 10.6. The average molecular weight is 263 g/mol. The van der Waals surface area contributed by atoms with E-state index in [1.807, 2.05) is 0 Å². The fourth-order valence-corrected chi connectivity index (χ4v) is 2.20. The molecule has 0 unspecified atom stereocenters. The van der Waals surface area contributed by atoms with Crippen molar-refractivity contribution in [2.75, 3.05) is 5.75 Å². The number of hydrogen-bond donors (Lipinski definition) is 1. The molecule has 0 rings (SSSR count). The van der Waals surface area contributed by atoms with Crippen molar-refractivity contribution in [3.8, 4) is 0 Å². The molecule has 16 heavy (non-hydrogen) atoms. The molecular formula is C14H27ClS. The van der Waals surface area contributed by atoms with Crippen molar-refractivity contribution in [1.82, 2.24) is 0 Å². The first-order valence-electron chi connectivity index (χ1n) is 6.71. The van der Waals surface area contributed by atoms with Crippen molar-refractivity contribution >= 4 is 24.2 Å². The first kappa shape index (κ1) is 16.4.